The number of amides is 1. The number of halogens is 1. The summed E-state index contributed by atoms with van der Waals surface area (Å²) in [5.74, 6) is -0.129. The van der Waals surface area contributed by atoms with Gasteiger partial charge in [0.25, 0.3) is 0 Å². The third-order valence-electron chi connectivity index (χ3n) is 4.45. The Kier molecular flexibility index (Phi) is 6.54. The zero-order chi connectivity index (χ0) is 16.7. The first-order chi connectivity index (χ1) is 11.0. The lowest BCUT2D eigenvalue weighted by molar-refractivity contribution is -0.125. The van der Waals surface area contributed by atoms with Crippen LogP contribution in [-0.4, -0.2) is 36.4 Å². The number of hydrogen-bond acceptors (Lipinski definition) is 3. The van der Waals surface area contributed by atoms with Gasteiger partial charge in [0.2, 0.25) is 5.91 Å². The van der Waals surface area contributed by atoms with Crippen LogP contribution in [0.1, 0.15) is 38.2 Å². The van der Waals surface area contributed by atoms with E-state index in [4.69, 9.17) is 4.74 Å². The molecule has 1 aliphatic heterocycles. The van der Waals surface area contributed by atoms with Gasteiger partial charge in [0.05, 0.1) is 0 Å². The van der Waals surface area contributed by atoms with Crippen LogP contribution in [0.5, 0.6) is 0 Å². The average molecular weight is 323 g/mol. The van der Waals surface area contributed by atoms with Crippen molar-refractivity contribution in [1.82, 2.24) is 5.32 Å². The van der Waals surface area contributed by atoms with E-state index in [2.05, 4.69) is 5.32 Å². The third-order valence-corrected chi connectivity index (χ3v) is 4.45. The molecule has 23 heavy (non-hydrogen) atoms. The summed E-state index contributed by atoms with van der Waals surface area (Å²) in [5.41, 5.74) is 0.560. The zero-order valence-corrected chi connectivity index (χ0v) is 13.7. The van der Waals surface area contributed by atoms with E-state index in [9.17, 15) is 14.3 Å². The molecule has 0 bridgehead atoms. The van der Waals surface area contributed by atoms with Crippen LogP contribution in [-0.2, 0) is 16.0 Å². The molecule has 1 fully saturated rings. The summed E-state index contributed by atoms with van der Waals surface area (Å²) >= 11 is 0. The molecule has 2 N–H and O–H groups in total. The highest BCUT2D eigenvalue weighted by molar-refractivity contribution is 5.77. The molecule has 1 saturated heterocycles. The van der Waals surface area contributed by atoms with Crippen LogP contribution in [0.4, 0.5) is 4.39 Å². The maximum atomic E-state index is 13.2. The third kappa shape index (κ3) is 5.59. The lowest BCUT2D eigenvalue weighted by Gasteiger charge is -2.38. The summed E-state index contributed by atoms with van der Waals surface area (Å²) in [4.78, 5) is 12.4. The van der Waals surface area contributed by atoms with Crippen molar-refractivity contribution >= 4 is 5.91 Å². The number of carbonyl (C=O) groups excluding carboxylic acids is 1. The van der Waals surface area contributed by atoms with Crippen molar-refractivity contribution in [2.45, 2.75) is 44.6 Å². The fourth-order valence-corrected chi connectivity index (χ4v) is 3.22. The molecule has 0 spiro atoms. The van der Waals surface area contributed by atoms with E-state index >= 15 is 0 Å². The van der Waals surface area contributed by atoms with Crippen molar-refractivity contribution in [2.75, 3.05) is 19.8 Å². The molecule has 5 heteroatoms. The Balaban J connectivity index is 1.87. The molecular formula is C18H26FNO3. The number of benzene rings is 1. The van der Waals surface area contributed by atoms with E-state index in [1.165, 1.54) is 12.1 Å². The molecular weight excluding hydrogens is 297 g/mol. The Morgan fingerprint density at radius 2 is 2.17 bits per heavy atom. The first-order valence-electron chi connectivity index (χ1n) is 8.27. The van der Waals surface area contributed by atoms with Gasteiger partial charge >= 0.3 is 0 Å². The average Bonchev–Trinajstić information content (AvgIpc) is 2.47. The van der Waals surface area contributed by atoms with E-state index in [0.29, 0.717) is 32.5 Å². The number of aliphatic hydroxyl groups excluding tert-OH is 1. The molecule has 128 valence electrons. The molecule has 4 nitrogen and oxygen atoms in total. The Morgan fingerprint density at radius 3 is 2.83 bits per heavy atom. The van der Waals surface area contributed by atoms with Gasteiger partial charge in [-0.3, -0.25) is 4.79 Å². The van der Waals surface area contributed by atoms with Gasteiger partial charge in [-0.05, 0) is 49.3 Å². The van der Waals surface area contributed by atoms with Crippen LogP contribution in [0.3, 0.4) is 0 Å². The van der Waals surface area contributed by atoms with Gasteiger partial charge in [-0.15, -0.1) is 0 Å². The minimum absolute atomic E-state index is 0.00995. The predicted octanol–water partition coefficient (Wildman–Crippen LogP) is 2.44. The minimum Gasteiger partial charge on any atom is -0.396 e. The molecule has 1 aliphatic rings. The zero-order valence-electron chi connectivity index (χ0n) is 13.7. The lowest BCUT2D eigenvalue weighted by Crippen LogP contribution is -2.52. The standard InChI is InChI=1S/C18H26FNO3/c1-14(11-15-3-2-4-16(19)13-15)12-17(22)20-18(5-8-21)6-9-23-10-7-18/h2-4,13-14,21H,5-12H2,1H3,(H,20,22). The van der Waals surface area contributed by atoms with E-state index in [-0.39, 0.29) is 29.8 Å². The second kappa shape index (κ2) is 8.41. The summed E-state index contributed by atoms with van der Waals surface area (Å²) in [6.07, 6.45) is 3.08. The van der Waals surface area contributed by atoms with E-state index < -0.39 is 0 Å². The molecule has 1 aromatic rings. The number of rotatable bonds is 7. The summed E-state index contributed by atoms with van der Waals surface area (Å²) in [5, 5.41) is 12.4. The monoisotopic (exact) mass is 323 g/mol. The van der Waals surface area contributed by atoms with Gasteiger partial charge in [-0.2, -0.15) is 0 Å². The van der Waals surface area contributed by atoms with E-state index in [0.717, 1.165) is 18.4 Å². The van der Waals surface area contributed by atoms with Gasteiger partial charge in [0.15, 0.2) is 0 Å². The molecule has 0 aliphatic carbocycles. The Morgan fingerprint density at radius 1 is 1.43 bits per heavy atom. The topological polar surface area (TPSA) is 58.6 Å². The minimum atomic E-state index is -0.345. The molecule has 1 heterocycles. The Labute approximate surface area is 137 Å². The molecule has 1 amide bonds. The fourth-order valence-electron chi connectivity index (χ4n) is 3.22. The highest BCUT2D eigenvalue weighted by atomic mass is 19.1. The molecule has 0 aromatic heterocycles. The van der Waals surface area contributed by atoms with Gasteiger partial charge in [0.1, 0.15) is 5.82 Å². The smallest absolute Gasteiger partial charge is 0.220 e. The molecule has 2 rings (SSSR count). The number of nitrogens with one attached hydrogen (secondary N) is 1. The highest BCUT2D eigenvalue weighted by Gasteiger charge is 2.33. The molecule has 1 aromatic carbocycles. The second-order valence-electron chi connectivity index (χ2n) is 6.56. The molecule has 1 atom stereocenters. The van der Waals surface area contributed by atoms with Crippen LogP contribution in [0.15, 0.2) is 24.3 Å². The molecule has 1 unspecified atom stereocenters. The van der Waals surface area contributed by atoms with Crippen molar-refractivity contribution in [3.8, 4) is 0 Å². The largest absolute Gasteiger partial charge is 0.396 e. The van der Waals surface area contributed by atoms with Crippen molar-refractivity contribution in [3.05, 3.63) is 35.6 Å². The van der Waals surface area contributed by atoms with Gasteiger partial charge in [-0.25, -0.2) is 4.39 Å². The van der Waals surface area contributed by atoms with Crippen LogP contribution in [0, 0.1) is 11.7 Å². The Bertz CT molecular complexity index is 509. The number of hydrogen-bond donors (Lipinski definition) is 2. The first kappa shape index (κ1) is 17.9. The van der Waals surface area contributed by atoms with Crippen LogP contribution < -0.4 is 5.32 Å². The van der Waals surface area contributed by atoms with Gasteiger partial charge in [0, 0.05) is 31.8 Å². The van der Waals surface area contributed by atoms with Crippen LogP contribution in [0.25, 0.3) is 0 Å². The summed E-state index contributed by atoms with van der Waals surface area (Å²) in [6, 6.07) is 6.50. The predicted molar refractivity (Wildman–Crippen MR) is 86.5 cm³/mol. The van der Waals surface area contributed by atoms with Gasteiger partial charge < -0.3 is 15.2 Å². The number of aliphatic hydroxyl groups is 1. The SMILES string of the molecule is CC(CC(=O)NC1(CCO)CCOCC1)Cc1cccc(F)c1. The highest BCUT2D eigenvalue weighted by Crippen LogP contribution is 2.25. The first-order valence-corrected chi connectivity index (χ1v) is 8.27. The number of carbonyl (C=O) groups is 1. The van der Waals surface area contributed by atoms with Crippen LogP contribution in [0.2, 0.25) is 0 Å². The second-order valence-corrected chi connectivity index (χ2v) is 6.56. The quantitative estimate of drug-likeness (QED) is 0.810. The van der Waals surface area contributed by atoms with Crippen molar-refractivity contribution in [2.24, 2.45) is 5.92 Å². The summed E-state index contributed by atoms with van der Waals surface area (Å²) in [7, 11) is 0. The summed E-state index contributed by atoms with van der Waals surface area (Å²) in [6.45, 7) is 3.27. The maximum absolute atomic E-state index is 13.2. The Hall–Kier alpha value is -1.46. The van der Waals surface area contributed by atoms with Crippen LogP contribution >= 0.6 is 0 Å². The normalized spacial score (nSPS) is 18.4. The van der Waals surface area contributed by atoms with E-state index in [1.807, 2.05) is 13.0 Å². The maximum Gasteiger partial charge on any atom is 0.220 e. The van der Waals surface area contributed by atoms with Crippen molar-refractivity contribution < 1.29 is 19.0 Å². The lowest BCUT2D eigenvalue weighted by atomic mass is 9.86. The summed E-state index contributed by atoms with van der Waals surface area (Å²) < 4.78 is 18.6. The van der Waals surface area contributed by atoms with E-state index in [1.54, 1.807) is 6.07 Å². The van der Waals surface area contributed by atoms with Gasteiger partial charge in [-0.1, -0.05) is 19.1 Å². The number of ether oxygens (including phenoxy) is 1. The molecule has 0 radical (unpaired) electrons. The van der Waals surface area contributed by atoms with Crippen molar-refractivity contribution in [3.63, 3.8) is 0 Å². The molecule has 0 saturated carbocycles. The fraction of sp³-hybridized carbons (Fsp3) is 0.611. The van der Waals surface area contributed by atoms with Crippen molar-refractivity contribution in [1.29, 1.82) is 0 Å².